The van der Waals surface area contributed by atoms with Gasteiger partial charge < -0.3 is 0 Å². The van der Waals surface area contributed by atoms with Crippen LogP contribution in [0.3, 0.4) is 0 Å². The molecule has 1 aliphatic heterocycles. The molecule has 1 rings (SSSR count). The molecule has 0 atom stereocenters. The van der Waals surface area contributed by atoms with Gasteiger partial charge in [0.25, 0.3) is 0 Å². The fourth-order valence-corrected chi connectivity index (χ4v) is 1.70. The number of nitrogens with zero attached hydrogens (tertiary/aromatic N) is 1. The van der Waals surface area contributed by atoms with Crippen LogP contribution in [-0.4, -0.2) is 28.8 Å². The molecule has 1 heterocycles. The predicted octanol–water partition coefficient (Wildman–Crippen LogP) is 0.881. The molecule has 2 nitrogen and oxygen atoms in total. The van der Waals surface area contributed by atoms with Crippen LogP contribution < -0.4 is 0 Å². The molecular formula is C4H7NOS2. The Morgan fingerprint density at radius 3 is 2.88 bits per heavy atom. The van der Waals surface area contributed by atoms with E-state index in [-0.39, 0.29) is 0 Å². The van der Waals surface area contributed by atoms with Gasteiger partial charge in [0.15, 0.2) is 4.32 Å². The van der Waals surface area contributed by atoms with Crippen LogP contribution in [-0.2, 0) is 4.84 Å². The van der Waals surface area contributed by atoms with Crippen molar-refractivity contribution < 1.29 is 4.84 Å². The summed E-state index contributed by atoms with van der Waals surface area (Å²) in [6, 6.07) is 0. The minimum absolute atomic E-state index is 0.854. The van der Waals surface area contributed by atoms with Crippen LogP contribution in [0, 0.1) is 0 Å². The summed E-state index contributed by atoms with van der Waals surface area (Å²) in [5.74, 6) is 1.06. The van der Waals surface area contributed by atoms with Gasteiger partial charge in [-0.15, -0.1) is 0 Å². The molecule has 1 fully saturated rings. The number of hydrogen-bond acceptors (Lipinski definition) is 3. The summed E-state index contributed by atoms with van der Waals surface area (Å²) in [5.41, 5.74) is 0. The average molecular weight is 149 g/mol. The molecule has 46 valence electrons. The average Bonchev–Trinajstić information content (AvgIpc) is 2.14. The van der Waals surface area contributed by atoms with Crippen molar-refractivity contribution in [3.05, 3.63) is 0 Å². The number of thioether (sulfide) groups is 1. The topological polar surface area (TPSA) is 12.5 Å². The normalized spacial score (nSPS) is 20.1. The Morgan fingerprint density at radius 2 is 2.62 bits per heavy atom. The monoisotopic (exact) mass is 149 g/mol. The number of thiocarbonyl (C=S) groups is 1. The van der Waals surface area contributed by atoms with Crippen molar-refractivity contribution in [2.75, 3.05) is 19.4 Å². The molecule has 0 aromatic rings. The maximum Gasteiger partial charge on any atom is 0.160 e. The molecule has 0 N–H and O–H groups in total. The second-order valence-corrected chi connectivity index (χ2v) is 3.13. The third-order valence-corrected chi connectivity index (χ3v) is 2.34. The maximum absolute atomic E-state index is 4.90. The molecule has 8 heavy (non-hydrogen) atoms. The number of rotatable bonds is 1. The highest BCUT2D eigenvalue weighted by atomic mass is 32.2. The fraction of sp³-hybridized carbons (Fsp3) is 0.750. The molecule has 0 radical (unpaired) electrons. The molecule has 0 amide bonds. The fourth-order valence-electron chi connectivity index (χ4n) is 0.545. The van der Waals surface area contributed by atoms with Gasteiger partial charge >= 0.3 is 0 Å². The molecule has 0 aromatic carbocycles. The van der Waals surface area contributed by atoms with Crippen LogP contribution in [0.15, 0.2) is 0 Å². The molecule has 0 aliphatic carbocycles. The van der Waals surface area contributed by atoms with Crippen molar-refractivity contribution in [3.63, 3.8) is 0 Å². The van der Waals surface area contributed by atoms with Crippen molar-refractivity contribution in [2.24, 2.45) is 0 Å². The highest BCUT2D eigenvalue weighted by molar-refractivity contribution is 8.23. The lowest BCUT2D eigenvalue weighted by Gasteiger charge is -2.10. The Hall–Kier alpha value is 0.200. The Balaban J connectivity index is 2.42. The summed E-state index contributed by atoms with van der Waals surface area (Å²) >= 11 is 6.57. The number of hydroxylamine groups is 2. The van der Waals surface area contributed by atoms with Crippen LogP contribution >= 0.6 is 24.0 Å². The van der Waals surface area contributed by atoms with Crippen molar-refractivity contribution >= 4 is 28.3 Å². The first-order valence-electron chi connectivity index (χ1n) is 2.33. The van der Waals surface area contributed by atoms with E-state index in [1.54, 1.807) is 23.9 Å². The van der Waals surface area contributed by atoms with Crippen LogP contribution in [0.5, 0.6) is 0 Å². The van der Waals surface area contributed by atoms with Gasteiger partial charge in [0.1, 0.15) is 0 Å². The van der Waals surface area contributed by atoms with E-state index in [1.165, 1.54) is 0 Å². The van der Waals surface area contributed by atoms with Crippen LogP contribution in [0.25, 0.3) is 0 Å². The highest BCUT2D eigenvalue weighted by Crippen LogP contribution is 2.16. The zero-order valence-corrected chi connectivity index (χ0v) is 6.22. The zero-order chi connectivity index (χ0) is 5.98. The van der Waals surface area contributed by atoms with E-state index < -0.39 is 0 Å². The van der Waals surface area contributed by atoms with Gasteiger partial charge in [-0.2, -0.15) is 0 Å². The van der Waals surface area contributed by atoms with Gasteiger partial charge in [-0.25, -0.2) is 5.06 Å². The number of hydrogen-bond donors (Lipinski definition) is 0. The van der Waals surface area contributed by atoms with E-state index in [0.717, 1.165) is 16.6 Å². The molecule has 0 saturated carbocycles. The van der Waals surface area contributed by atoms with Crippen molar-refractivity contribution in [1.82, 2.24) is 5.06 Å². The Labute approximate surface area is 58.1 Å². The van der Waals surface area contributed by atoms with E-state index in [0.29, 0.717) is 0 Å². The van der Waals surface area contributed by atoms with Crippen molar-refractivity contribution in [1.29, 1.82) is 0 Å². The highest BCUT2D eigenvalue weighted by Gasteiger charge is 2.15. The predicted molar refractivity (Wildman–Crippen MR) is 38.8 cm³/mol. The lowest BCUT2D eigenvalue weighted by atomic mass is 10.8. The first-order chi connectivity index (χ1) is 3.84. The third-order valence-electron chi connectivity index (χ3n) is 0.944. The van der Waals surface area contributed by atoms with Crippen LogP contribution in [0.2, 0.25) is 0 Å². The lowest BCUT2D eigenvalue weighted by molar-refractivity contribution is -0.0511. The van der Waals surface area contributed by atoms with Gasteiger partial charge in [0, 0.05) is 5.75 Å². The van der Waals surface area contributed by atoms with E-state index in [9.17, 15) is 0 Å². The molecule has 0 unspecified atom stereocenters. The minimum Gasteiger partial charge on any atom is -0.275 e. The quantitative estimate of drug-likeness (QED) is 0.513. The van der Waals surface area contributed by atoms with E-state index in [4.69, 9.17) is 17.1 Å². The van der Waals surface area contributed by atoms with E-state index >= 15 is 0 Å². The maximum atomic E-state index is 4.90. The molecule has 0 spiro atoms. The zero-order valence-electron chi connectivity index (χ0n) is 4.59. The molecule has 1 aliphatic rings. The standard InChI is InChI=1S/C4H7NOS2/c1-6-5-2-3-8-4(5)7/h2-3H2,1H3. The summed E-state index contributed by atoms with van der Waals surface area (Å²) < 4.78 is 0.854. The van der Waals surface area contributed by atoms with Gasteiger partial charge in [-0.1, -0.05) is 24.0 Å². The minimum atomic E-state index is 0.854. The van der Waals surface area contributed by atoms with Gasteiger partial charge in [0.05, 0.1) is 13.7 Å². The van der Waals surface area contributed by atoms with Crippen LogP contribution in [0.1, 0.15) is 0 Å². The van der Waals surface area contributed by atoms with E-state index in [1.807, 2.05) is 0 Å². The summed E-state index contributed by atoms with van der Waals surface area (Å²) in [5, 5.41) is 1.72. The second-order valence-electron chi connectivity index (χ2n) is 1.40. The molecular weight excluding hydrogens is 142 g/mol. The Bertz CT molecular complexity index is 106. The third kappa shape index (κ3) is 1.13. The summed E-state index contributed by atoms with van der Waals surface area (Å²) in [4.78, 5) is 4.89. The van der Waals surface area contributed by atoms with Crippen molar-refractivity contribution in [3.8, 4) is 0 Å². The summed E-state index contributed by atoms with van der Waals surface area (Å²) in [7, 11) is 1.64. The van der Waals surface area contributed by atoms with Crippen molar-refractivity contribution in [2.45, 2.75) is 0 Å². The molecule has 1 saturated heterocycles. The lowest BCUT2D eigenvalue weighted by Crippen LogP contribution is -2.20. The second kappa shape index (κ2) is 2.66. The van der Waals surface area contributed by atoms with Gasteiger partial charge in [0.2, 0.25) is 0 Å². The smallest absolute Gasteiger partial charge is 0.160 e. The molecule has 0 aromatic heterocycles. The Morgan fingerprint density at radius 1 is 1.88 bits per heavy atom. The summed E-state index contributed by atoms with van der Waals surface area (Å²) in [6.07, 6.45) is 0. The first-order valence-corrected chi connectivity index (χ1v) is 3.72. The SMILES string of the molecule is CON1CCSC1=S. The Kier molecular flexibility index (Phi) is 2.10. The molecule has 4 heteroatoms. The van der Waals surface area contributed by atoms with Crippen LogP contribution in [0.4, 0.5) is 0 Å². The van der Waals surface area contributed by atoms with Gasteiger partial charge in [-0.3, -0.25) is 4.84 Å². The molecule has 0 bridgehead atoms. The summed E-state index contributed by atoms with van der Waals surface area (Å²) in [6.45, 7) is 0.931. The van der Waals surface area contributed by atoms with E-state index in [2.05, 4.69) is 0 Å². The largest absolute Gasteiger partial charge is 0.275 e. The first kappa shape index (κ1) is 6.32. The van der Waals surface area contributed by atoms with Gasteiger partial charge in [-0.05, 0) is 0 Å².